The Bertz CT molecular complexity index is 687. The van der Waals surface area contributed by atoms with Crippen molar-refractivity contribution in [3.05, 3.63) is 23.8 Å². The molecule has 0 aromatic heterocycles. The molecule has 0 radical (unpaired) electrons. The summed E-state index contributed by atoms with van der Waals surface area (Å²) in [4.78, 5) is 44.3. The molecule has 0 fully saturated rings. The van der Waals surface area contributed by atoms with Gasteiger partial charge in [-0.15, -0.1) is 0 Å². The standard InChI is InChI=1S/C15H14O8/c1-8(16)21-12-6-4-11(5-7-13(19)20)14(22-9(2)17)15(12)23-10(3)18/h4-7H,1-3H3,(H,19,20). The van der Waals surface area contributed by atoms with E-state index in [4.69, 9.17) is 19.3 Å². The Balaban J connectivity index is 3.53. The summed E-state index contributed by atoms with van der Waals surface area (Å²) in [6.45, 7) is 3.36. The zero-order valence-electron chi connectivity index (χ0n) is 12.6. The van der Waals surface area contributed by atoms with Crippen LogP contribution in [-0.4, -0.2) is 29.0 Å². The van der Waals surface area contributed by atoms with Gasteiger partial charge in [-0.1, -0.05) is 0 Å². The third kappa shape index (κ3) is 5.62. The molecule has 0 unspecified atom stereocenters. The van der Waals surface area contributed by atoms with E-state index in [-0.39, 0.29) is 22.8 Å². The molecule has 0 saturated carbocycles. The first-order chi connectivity index (χ1) is 10.7. The molecule has 1 rings (SSSR count). The molecule has 0 aliphatic heterocycles. The molecule has 0 saturated heterocycles. The molecule has 0 amide bonds. The Morgan fingerprint density at radius 3 is 1.87 bits per heavy atom. The summed E-state index contributed by atoms with van der Waals surface area (Å²) in [6, 6.07) is 2.64. The predicted molar refractivity (Wildman–Crippen MR) is 77.0 cm³/mol. The Morgan fingerprint density at radius 1 is 0.870 bits per heavy atom. The van der Waals surface area contributed by atoms with Crippen molar-refractivity contribution in [2.75, 3.05) is 0 Å². The largest absolute Gasteiger partial charge is 0.478 e. The van der Waals surface area contributed by atoms with Crippen LogP contribution in [0, 0.1) is 0 Å². The van der Waals surface area contributed by atoms with Crippen molar-refractivity contribution in [2.24, 2.45) is 0 Å². The van der Waals surface area contributed by atoms with Gasteiger partial charge in [0.15, 0.2) is 11.5 Å². The monoisotopic (exact) mass is 322 g/mol. The fourth-order valence-corrected chi connectivity index (χ4v) is 1.58. The first-order valence-electron chi connectivity index (χ1n) is 6.34. The fourth-order valence-electron chi connectivity index (χ4n) is 1.58. The number of rotatable bonds is 5. The van der Waals surface area contributed by atoms with Gasteiger partial charge in [-0.25, -0.2) is 4.79 Å². The molecule has 23 heavy (non-hydrogen) atoms. The van der Waals surface area contributed by atoms with E-state index in [2.05, 4.69) is 0 Å². The summed E-state index contributed by atoms with van der Waals surface area (Å²) in [6.07, 6.45) is 1.95. The molecule has 1 aromatic rings. The number of esters is 3. The second-order valence-electron chi connectivity index (χ2n) is 4.26. The maximum absolute atomic E-state index is 11.3. The van der Waals surface area contributed by atoms with Gasteiger partial charge >= 0.3 is 23.9 Å². The SMILES string of the molecule is CC(=O)Oc1ccc(C=CC(=O)O)c(OC(C)=O)c1OC(C)=O. The van der Waals surface area contributed by atoms with Crippen LogP contribution in [0.3, 0.4) is 0 Å². The van der Waals surface area contributed by atoms with Crippen LogP contribution < -0.4 is 14.2 Å². The Labute approximate surface area is 131 Å². The molecule has 8 nitrogen and oxygen atoms in total. The van der Waals surface area contributed by atoms with Crippen molar-refractivity contribution < 1.29 is 38.5 Å². The molecule has 1 N–H and O–H groups in total. The number of hydrogen-bond donors (Lipinski definition) is 1. The summed E-state index contributed by atoms with van der Waals surface area (Å²) in [5.74, 6) is -4.05. The topological polar surface area (TPSA) is 116 Å². The van der Waals surface area contributed by atoms with Gasteiger partial charge in [0, 0.05) is 32.4 Å². The van der Waals surface area contributed by atoms with Crippen LogP contribution in [-0.2, 0) is 19.2 Å². The van der Waals surface area contributed by atoms with Crippen LogP contribution in [0.4, 0.5) is 0 Å². The van der Waals surface area contributed by atoms with Gasteiger partial charge in [0.1, 0.15) is 0 Å². The van der Waals surface area contributed by atoms with Gasteiger partial charge < -0.3 is 19.3 Å². The third-order valence-electron chi connectivity index (χ3n) is 2.26. The molecule has 0 atom stereocenters. The second kappa shape index (κ2) is 7.74. The quantitative estimate of drug-likeness (QED) is 0.493. The Morgan fingerprint density at radius 2 is 1.39 bits per heavy atom. The van der Waals surface area contributed by atoms with Crippen molar-refractivity contribution in [1.82, 2.24) is 0 Å². The minimum atomic E-state index is -1.23. The van der Waals surface area contributed by atoms with Crippen molar-refractivity contribution >= 4 is 30.0 Å². The molecule has 0 aliphatic carbocycles. The predicted octanol–water partition coefficient (Wildman–Crippen LogP) is 1.56. The van der Waals surface area contributed by atoms with E-state index in [1.165, 1.54) is 12.1 Å². The van der Waals surface area contributed by atoms with Crippen molar-refractivity contribution in [2.45, 2.75) is 20.8 Å². The van der Waals surface area contributed by atoms with Crippen LogP contribution >= 0.6 is 0 Å². The fraction of sp³-hybridized carbons (Fsp3) is 0.200. The minimum absolute atomic E-state index is 0.142. The van der Waals surface area contributed by atoms with E-state index in [0.29, 0.717) is 0 Å². The summed E-state index contributed by atoms with van der Waals surface area (Å²) in [5.41, 5.74) is 0.148. The van der Waals surface area contributed by atoms with Crippen molar-refractivity contribution in [3.63, 3.8) is 0 Å². The summed E-state index contributed by atoms with van der Waals surface area (Å²) < 4.78 is 14.8. The second-order valence-corrected chi connectivity index (χ2v) is 4.26. The van der Waals surface area contributed by atoms with E-state index in [1.54, 1.807) is 0 Å². The van der Waals surface area contributed by atoms with Crippen LogP contribution in [0.1, 0.15) is 26.3 Å². The highest BCUT2D eigenvalue weighted by Gasteiger charge is 2.21. The lowest BCUT2D eigenvalue weighted by Gasteiger charge is -2.15. The summed E-state index contributed by atoms with van der Waals surface area (Å²) in [7, 11) is 0. The van der Waals surface area contributed by atoms with E-state index >= 15 is 0 Å². The minimum Gasteiger partial charge on any atom is -0.478 e. The zero-order chi connectivity index (χ0) is 17.6. The zero-order valence-corrected chi connectivity index (χ0v) is 12.6. The molecule has 1 aromatic carbocycles. The van der Waals surface area contributed by atoms with Gasteiger partial charge in [0.05, 0.1) is 0 Å². The van der Waals surface area contributed by atoms with Gasteiger partial charge in [-0.05, 0) is 18.2 Å². The lowest BCUT2D eigenvalue weighted by atomic mass is 10.1. The number of ether oxygens (including phenoxy) is 3. The number of hydrogen-bond acceptors (Lipinski definition) is 7. The Hall–Kier alpha value is -3.16. The van der Waals surface area contributed by atoms with Gasteiger partial charge in [-0.3, -0.25) is 14.4 Å². The molecular weight excluding hydrogens is 308 g/mol. The van der Waals surface area contributed by atoms with E-state index in [0.717, 1.165) is 32.9 Å². The van der Waals surface area contributed by atoms with Crippen LogP contribution in [0.5, 0.6) is 17.2 Å². The molecule has 0 heterocycles. The molecule has 0 bridgehead atoms. The van der Waals surface area contributed by atoms with Crippen molar-refractivity contribution in [1.29, 1.82) is 0 Å². The van der Waals surface area contributed by atoms with Gasteiger partial charge in [0.25, 0.3) is 0 Å². The number of aliphatic carboxylic acids is 1. The number of carbonyl (C=O) groups is 4. The summed E-state index contributed by atoms with van der Waals surface area (Å²) >= 11 is 0. The first-order valence-corrected chi connectivity index (χ1v) is 6.34. The third-order valence-corrected chi connectivity index (χ3v) is 2.26. The molecule has 8 heteroatoms. The average Bonchev–Trinajstić information content (AvgIpc) is 2.39. The molecular formula is C15H14O8. The first kappa shape index (κ1) is 17.9. The number of carboxylic acids is 1. The average molecular weight is 322 g/mol. The summed E-state index contributed by atoms with van der Waals surface area (Å²) in [5, 5.41) is 8.69. The van der Waals surface area contributed by atoms with Crippen LogP contribution in [0.15, 0.2) is 18.2 Å². The van der Waals surface area contributed by atoms with E-state index in [1.807, 2.05) is 0 Å². The van der Waals surface area contributed by atoms with E-state index < -0.39 is 23.9 Å². The number of carboxylic acid groups (broad SMARTS) is 1. The maximum Gasteiger partial charge on any atom is 0.328 e. The highest BCUT2D eigenvalue weighted by molar-refractivity contribution is 5.87. The van der Waals surface area contributed by atoms with Gasteiger partial charge in [0.2, 0.25) is 5.75 Å². The highest BCUT2D eigenvalue weighted by atomic mass is 16.6. The molecule has 0 aliphatic rings. The number of benzene rings is 1. The lowest BCUT2D eigenvalue weighted by molar-refractivity contribution is -0.135. The molecule has 122 valence electrons. The van der Waals surface area contributed by atoms with Gasteiger partial charge in [-0.2, -0.15) is 0 Å². The van der Waals surface area contributed by atoms with Crippen molar-refractivity contribution in [3.8, 4) is 17.2 Å². The van der Waals surface area contributed by atoms with Crippen LogP contribution in [0.25, 0.3) is 6.08 Å². The van der Waals surface area contributed by atoms with Crippen LogP contribution in [0.2, 0.25) is 0 Å². The smallest absolute Gasteiger partial charge is 0.328 e. The normalized spacial score (nSPS) is 10.2. The highest BCUT2D eigenvalue weighted by Crippen LogP contribution is 2.41. The van der Waals surface area contributed by atoms with E-state index in [9.17, 15) is 19.2 Å². The number of carbonyl (C=O) groups excluding carboxylic acids is 3. The lowest BCUT2D eigenvalue weighted by Crippen LogP contribution is -2.11. The maximum atomic E-state index is 11.3. The Kier molecular flexibility index (Phi) is 6.02. The molecule has 0 spiro atoms.